The summed E-state index contributed by atoms with van der Waals surface area (Å²) in [5, 5.41) is 2.55. The molecule has 12 heavy (non-hydrogen) atoms. The summed E-state index contributed by atoms with van der Waals surface area (Å²) >= 11 is 0. The molecule has 0 saturated heterocycles. The molecule has 0 unspecified atom stereocenters. The Kier molecular flexibility index (Phi) is 2.92. The van der Waals surface area contributed by atoms with E-state index < -0.39 is 0 Å². The van der Waals surface area contributed by atoms with Crippen LogP contribution in [0.3, 0.4) is 0 Å². The topological polar surface area (TPSA) is 4.93 Å². The van der Waals surface area contributed by atoms with E-state index in [1.165, 1.54) is 10.6 Å². The van der Waals surface area contributed by atoms with Gasteiger partial charge in [-0.05, 0) is 25.1 Å². The molecular weight excluding hydrogens is 146 g/mol. The molecule has 64 valence electrons. The highest BCUT2D eigenvalue weighted by Crippen LogP contribution is 1.74. The van der Waals surface area contributed by atoms with Crippen LogP contribution in [0.25, 0.3) is 12.2 Å². The molecule has 0 bridgehead atoms. The monoisotopic (exact) mass is 161 g/mol. The van der Waals surface area contributed by atoms with Crippen LogP contribution in [0.15, 0.2) is 24.4 Å². The highest BCUT2D eigenvalue weighted by atomic mass is 14.9. The first kappa shape index (κ1) is 8.85. The van der Waals surface area contributed by atoms with Gasteiger partial charge in [0.2, 0.25) is 0 Å². The van der Waals surface area contributed by atoms with E-state index in [1.807, 2.05) is 13.0 Å². The van der Waals surface area contributed by atoms with Crippen LogP contribution in [0.2, 0.25) is 0 Å². The number of allylic oxidation sites excluding steroid dienone is 2. The fraction of sp³-hybridized carbons (Fsp3) is 0.273. The van der Waals surface area contributed by atoms with Crippen molar-refractivity contribution in [1.29, 1.82) is 0 Å². The maximum absolute atomic E-state index is 2.12. The molecule has 0 aliphatic carbocycles. The van der Waals surface area contributed by atoms with Gasteiger partial charge in [0.15, 0.2) is 0 Å². The molecule has 0 fully saturated rings. The van der Waals surface area contributed by atoms with Gasteiger partial charge in [-0.3, -0.25) is 0 Å². The lowest BCUT2D eigenvalue weighted by atomic mass is 10.3. The first-order chi connectivity index (χ1) is 5.79. The molecule has 0 aliphatic rings. The number of rotatable bonds is 1. The average Bonchev–Trinajstić information content (AvgIpc) is 2.43. The van der Waals surface area contributed by atoms with E-state index in [0.717, 1.165) is 0 Å². The van der Waals surface area contributed by atoms with Crippen LogP contribution >= 0.6 is 0 Å². The van der Waals surface area contributed by atoms with Crippen LogP contribution in [0.4, 0.5) is 0 Å². The largest absolute Gasteiger partial charge is 0.351 e. The Morgan fingerprint density at radius 2 is 2.08 bits per heavy atom. The van der Waals surface area contributed by atoms with Crippen LogP contribution in [0, 0.1) is 0 Å². The van der Waals surface area contributed by atoms with E-state index in [1.54, 1.807) is 0 Å². The summed E-state index contributed by atoms with van der Waals surface area (Å²) < 4.78 is 2.12. The summed E-state index contributed by atoms with van der Waals surface area (Å²) in [6.45, 7) is 4.08. The van der Waals surface area contributed by atoms with Crippen molar-refractivity contribution in [3.63, 3.8) is 0 Å². The lowest BCUT2D eigenvalue weighted by molar-refractivity contribution is 0.887. The molecule has 0 amide bonds. The Hall–Kier alpha value is -1.24. The van der Waals surface area contributed by atoms with Crippen molar-refractivity contribution in [3.8, 4) is 0 Å². The minimum atomic E-state index is 1.27. The van der Waals surface area contributed by atoms with Crippen LogP contribution in [0.5, 0.6) is 0 Å². The second-order valence-corrected chi connectivity index (χ2v) is 2.75. The highest BCUT2D eigenvalue weighted by molar-refractivity contribution is 5.37. The van der Waals surface area contributed by atoms with E-state index in [4.69, 9.17) is 0 Å². The second-order valence-electron chi connectivity index (χ2n) is 2.75. The standard InChI is InChI=1S/C11H15N/c1-4-6-7-10-8-9-12(3)11(10)5-2/h4-9H,1-3H3/b6-4-,10-7-,11-5+. The van der Waals surface area contributed by atoms with E-state index in [-0.39, 0.29) is 0 Å². The lowest BCUT2D eigenvalue weighted by Gasteiger charge is -1.87. The quantitative estimate of drug-likeness (QED) is 0.583. The SMILES string of the molecule is C\C=C/C=c1/ccn(C)/c1=C/C. The van der Waals surface area contributed by atoms with Gasteiger partial charge in [-0.15, -0.1) is 0 Å². The minimum absolute atomic E-state index is 1.27. The smallest absolute Gasteiger partial charge is 0.0434 e. The first-order valence-electron chi connectivity index (χ1n) is 4.20. The normalized spacial score (nSPS) is 14.9. The molecule has 0 radical (unpaired) electrons. The number of hydrogen-bond donors (Lipinski definition) is 0. The van der Waals surface area contributed by atoms with Crippen LogP contribution in [0.1, 0.15) is 13.8 Å². The van der Waals surface area contributed by atoms with Gasteiger partial charge in [0.1, 0.15) is 0 Å². The zero-order valence-corrected chi connectivity index (χ0v) is 7.91. The van der Waals surface area contributed by atoms with Gasteiger partial charge >= 0.3 is 0 Å². The van der Waals surface area contributed by atoms with Crippen molar-refractivity contribution < 1.29 is 0 Å². The fourth-order valence-corrected chi connectivity index (χ4v) is 1.27. The molecule has 1 rings (SSSR count). The van der Waals surface area contributed by atoms with Gasteiger partial charge in [0.05, 0.1) is 0 Å². The maximum Gasteiger partial charge on any atom is 0.0434 e. The molecular formula is C11H15N. The van der Waals surface area contributed by atoms with Gasteiger partial charge in [0, 0.05) is 18.6 Å². The predicted molar refractivity (Wildman–Crippen MR) is 54.1 cm³/mol. The first-order valence-corrected chi connectivity index (χ1v) is 4.20. The van der Waals surface area contributed by atoms with Gasteiger partial charge < -0.3 is 4.57 Å². The predicted octanol–water partition coefficient (Wildman–Crippen LogP) is 1.18. The Morgan fingerprint density at radius 3 is 2.67 bits per heavy atom. The van der Waals surface area contributed by atoms with E-state index in [2.05, 4.69) is 49.0 Å². The minimum Gasteiger partial charge on any atom is -0.351 e. The van der Waals surface area contributed by atoms with Crippen molar-refractivity contribution in [2.24, 2.45) is 7.05 Å². The second kappa shape index (κ2) is 3.96. The third-order valence-corrected chi connectivity index (χ3v) is 1.90. The maximum atomic E-state index is 2.12. The number of nitrogens with zero attached hydrogens (tertiary/aromatic N) is 1. The van der Waals surface area contributed by atoms with E-state index in [9.17, 15) is 0 Å². The van der Waals surface area contributed by atoms with E-state index in [0.29, 0.717) is 0 Å². The molecule has 1 aromatic heterocycles. The Morgan fingerprint density at radius 1 is 1.33 bits per heavy atom. The zero-order valence-electron chi connectivity index (χ0n) is 7.91. The summed E-state index contributed by atoms with van der Waals surface area (Å²) in [6, 6.07) is 2.12. The highest BCUT2D eigenvalue weighted by Gasteiger charge is 1.86. The Labute approximate surface area is 73.3 Å². The third-order valence-electron chi connectivity index (χ3n) is 1.90. The Bertz CT molecular complexity index is 380. The number of aryl methyl sites for hydroxylation is 1. The van der Waals surface area contributed by atoms with Crippen molar-refractivity contribution >= 4 is 12.2 Å². The molecule has 1 heteroatoms. The summed E-state index contributed by atoms with van der Waals surface area (Å²) in [7, 11) is 2.06. The van der Waals surface area contributed by atoms with Crippen molar-refractivity contribution in [3.05, 3.63) is 35.0 Å². The molecule has 1 nitrogen and oxygen atoms in total. The molecule has 0 atom stereocenters. The van der Waals surface area contributed by atoms with Gasteiger partial charge in [-0.2, -0.15) is 0 Å². The van der Waals surface area contributed by atoms with Crippen LogP contribution in [-0.4, -0.2) is 4.57 Å². The molecule has 0 saturated carbocycles. The van der Waals surface area contributed by atoms with Gasteiger partial charge in [0.25, 0.3) is 0 Å². The summed E-state index contributed by atoms with van der Waals surface area (Å²) in [5.41, 5.74) is 0. The summed E-state index contributed by atoms with van der Waals surface area (Å²) in [5.74, 6) is 0. The molecule has 0 aliphatic heterocycles. The van der Waals surface area contributed by atoms with Crippen molar-refractivity contribution in [2.75, 3.05) is 0 Å². The molecule has 0 spiro atoms. The number of hydrogen-bond acceptors (Lipinski definition) is 0. The summed E-state index contributed by atoms with van der Waals surface area (Å²) in [6.07, 6.45) is 10.4. The van der Waals surface area contributed by atoms with Crippen molar-refractivity contribution in [2.45, 2.75) is 13.8 Å². The van der Waals surface area contributed by atoms with Crippen LogP contribution in [-0.2, 0) is 7.05 Å². The fourth-order valence-electron chi connectivity index (χ4n) is 1.27. The molecule has 1 heterocycles. The summed E-state index contributed by atoms with van der Waals surface area (Å²) in [4.78, 5) is 0. The van der Waals surface area contributed by atoms with Gasteiger partial charge in [-0.1, -0.05) is 24.3 Å². The molecule has 0 N–H and O–H groups in total. The third kappa shape index (κ3) is 1.67. The van der Waals surface area contributed by atoms with Crippen LogP contribution < -0.4 is 10.6 Å². The van der Waals surface area contributed by atoms with E-state index >= 15 is 0 Å². The average molecular weight is 161 g/mol. The molecule has 1 aromatic rings. The number of aromatic nitrogens is 1. The zero-order chi connectivity index (χ0) is 8.97. The lowest BCUT2D eigenvalue weighted by Crippen LogP contribution is -2.26. The Balaban J connectivity index is 3.36. The van der Waals surface area contributed by atoms with Crippen molar-refractivity contribution in [1.82, 2.24) is 4.57 Å². The van der Waals surface area contributed by atoms with Gasteiger partial charge in [-0.25, -0.2) is 0 Å². The molecule has 0 aromatic carbocycles.